The lowest BCUT2D eigenvalue weighted by Crippen LogP contribution is -2.23. The second kappa shape index (κ2) is 4.56. The lowest BCUT2D eigenvalue weighted by Gasteiger charge is -2.27. The van der Waals surface area contributed by atoms with Gasteiger partial charge in [-0.15, -0.1) is 0 Å². The zero-order valence-electron chi connectivity index (χ0n) is 9.67. The number of carbonyl (C=O) groups excluding carboxylic acids is 2. The van der Waals surface area contributed by atoms with Crippen LogP contribution >= 0.6 is 0 Å². The molecule has 0 fully saturated rings. The molecule has 1 aliphatic rings. The van der Waals surface area contributed by atoms with Gasteiger partial charge in [0.25, 0.3) is 0 Å². The molecular weight excluding hydrogens is 188 g/mol. The van der Waals surface area contributed by atoms with E-state index in [1.54, 1.807) is 0 Å². The summed E-state index contributed by atoms with van der Waals surface area (Å²) in [4.78, 5) is 22.9. The molecule has 0 atom stereocenters. The summed E-state index contributed by atoms with van der Waals surface area (Å²) in [6, 6.07) is 0. The minimum Gasteiger partial charge on any atom is -0.290 e. The molecule has 0 amide bonds. The van der Waals surface area contributed by atoms with Crippen molar-refractivity contribution < 1.29 is 9.59 Å². The molecule has 0 saturated carbocycles. The predicted octanol–water partition coefficient (Wildman–Crippen LogP) is 2.84. The van der Waals surface area contributed by atoms with Crippen molar-refractivity contribution in [1.29, 1.82) is 0 Å². The first kappa shape index (κ1) is 11.9. The van der Waals surface area contributed by atoms with Crippen molar-refractivity contribution in [1.82, 2.24) is 0 Å². The molecule has 0 aromatic rings. The highest BCUT2D eigenvalue weighted by Crippen LogP contribution is 2.34. The van der Waals surface area contributed by atoms with E-state index in [0.717, 1.165) is 19.3 Å². The molecule has 0 unspecified atom stereocenters. The first-order chi connectivity index (χ1) is 6.97. The third-order valence-electron chi connectivity index (χ3n) is 2.84. The minimum absolute atomic E-state index is 0.0179. The average Bonchev–Trinajstić information content (AvgIpc) is 2.18. The standard InChI is InChI=1S/C13H18O2/c1-4-5-8-13(2,3)11-9-10(14)6-7-12(11)15/h6-7,9H,4-5,8H2,1-3H3. The third-order valence-corrected chi connectivity index (χ3v) is 2.84. The predicted molar refractivity (Wildman–Crippen MR) is 60.5 cm³/mol. The summed E-state index contributed by atoms with van der Waals surface area (Å²) in [5.74, 6) is -0.0927. The maximum atomic E-state index is 11.6. The van der Waals surface area contributed by atoms with Crippen molar-refractivity contribution in [2.75, 3.05) is 0 Å². The fourth-order valence-electron chi connectivity index (χ4n) is 1.79. The van der Waals surface area contributed by atoms with Gasteiger partial charge in [0.2, 0.25) is 0 Å². The third kappa shape index (κ3) is 2.88. The quantitative estimate of drug-likeness (QED) is 0.663. The average molecular weight is 206 g/mol. The summed E-state index contributed by atoms with van der Waals surface area (Å²) in [5, 5.41) is 0. The van der Waals surface area contributed by atoms with Crippen LogP contribution in [0.2, 0.25) is 0 Å². The van der Waals surface area contributed by atoms with Crippen LogP contribution < -0.4 is 0 Å². The second-order valence-corrected chi connectivity index (χ2v) is 4.65. The Bertz CT molecular complexity index is 332. The Labute approximate surface area is 91.1 Å². The number of carbonyl (C=O) groups is 2. The van der Waals surface area contributed by atoms with Crippen LogP contribution in [0.25, 0.3) is 0 Å². The van der Waals surface area contributed by atoms with Crippen molar-refractivity contribution in [3.05, 3.63) is 23.8 Å². The topological polar surface area (TPSA) is 34.1 Å². The van der Waals surface area contributed by atoms with Gasteiger partial charge in [0.1, 0.15) is 0 Å². The second-order valence-electron chi connectivity index (χ2n) is 4.65. The largest absolute Gasteiger partial charge is 0.290 e. The summed E-state index contributed by atoms with van der Waals surface area (Å²) in [7, 11) is 0. The molecule has 0 aromatic heterocycles. The number of unbranched alkanes of at least 4 members (excludes halogenated alkanes) is 1. The van der Waals surface area contributed by atoms with Crippen LogP contribution in [0.4, 0.5) is 0 Å². The van der Waals surface area contributed by atoms with E-state index in [0.29, 0.717) is 5.57 Å². The molecule has 82 valence electrons. The minimum atomic E-state index is -0.187. The molecule has 2 nitrogen and oxygen atoms in total. The van der Waals surface area contributed by atoms with E-state index in [4.69, 9.17) is 0 Å². The zero-order valence-corrected chi connectivity index (χ0v) is 9.67. The molecule has 1 aliphatic carbocycles. The number of hydrogen-bond acceptors (Lipinski definition) is 2. The van der Waals surface area contributed by atoms with Crippen LogP contribution in [0, 0.1) is 5.41 Å². The molecule has 0 aromatic carbocycles. The van der Waals surface area contributed by atoms with Crippen LogP contribution in [0.1, 0.15) is 40.0 Å². The fourth-order valence-corrected chi connectivity index (χ4v) is 1.79. The van der Waals surface area contributed by atoms with Gasteiger partial charge in [0.05, 0.1) is 0 Å². The van der Waals surface area contributed by atoms with E-state index in [-0.39, 0.29) is 17.0 Å². The molecule has 0 spiro atoms. The van der Waals surface area contributed by atoms with Crippen LogP contribution in [0.5, 0.6) is 0 Å². The SMILES string of the molecule is CCCCC(C)(C)C1=CC(=O)C=CC1=O. The Balaban J connectivity index is 2.85. The van der Waals surface area contributed by atoms with Crippen molar-refractivity contribution in [3.8, 4) is 0 Å². The van der Waals surface area contributed by atoms with Crippen LogP contribution in [0.15, 0.2) is 23.8 Å². The van der Waals surface area contributed by atoms with E-state index >= 15 is 0 Å². The van der Waals surface area contributed by atoms with Crippen LogP contribution in [-0.4, -0.2) is 11.6 Å². The maximum Gasteiger partial charge on any atom is 0.182 e. The van der Waals surface area contributed by atoms with Gasteiger partial charge >= 0.3 is 0 Å². The molecule has 0 bridgehead atoms. The van der Waals surface area contributed by atoms with Crippen molar-refractivity contribution in [2.24, 2.45) is 5.41 Å². The molecule has 0 radical (unpaired) electrons. The number of rotatable bonds is 4. The summed E-state index contributed by atoms with van der Waals surface area (Å²) in [5.41, 5.74) is 0.469. The maximum absolute atomic E-state index is 11.6. The Morgan fingerprint density at radius 2 is 1.87 bits per heavy atom. The molecule has 15 heavy (non-hydrogen) atoms. The first-order valence-electron chi connectivity index (χ1n) is 5.46. The monoisotopic (exact) mass is 206 g/mol. The Kier molecular flexibility index (Phi) is 3.61. The normalized spacial score (nSPS) is 16.9. The van der Waals surface area contributed by atoms with Gasteiger partial charge in [0.15, 0.2) is 11.6 Å². The Morgan fingerprint density at radius 3 is 2.47 bits per heavy atom. The van der Waals surface area contributed by atoms with Crippen molar-refractivity contribution in [3.63, 3.8) is 0 Å². The molecule has 0 N–H and O–H groups in total. The molecular formula is C13H18O2. The molecule has 0 saturated heterocycles. The Hall–Kier alpha value is -1.18. The zero-order chi connectivity index (χ0) is 11.5. The van der Waals surface area contributed by atoms with E-state index in [2.05, 4.69) is 6.92 Å². The van der Waals surface area contributed by atoms with Gasteiger partial charge in [0, 0.05) is 5.57 Å². The molecule has 0 aliphatic heterocycles. The molecule has 1 rings (SSSR count). The van der Waals surface area contributed by atoms with Gasteiger partial charge < -0.3 is 0 Å². The van der Waals surface area contributed by atoms with E-state index in [1.807, 2.05) is 13.8 Å². The summed E-state index contributed by atoms with van der Waals surface area (Å²) in [6.45, 7) is 6.18. The van der Waals surface area contributed by atoms with Gasteiger partial charge in [-0.3, -0.25) is 9.59 Å². The van der Waals surface area contributed by atoms with Gasteiger partial charge in [-0.05, 0) is 30.1 Å². The fraction of sp³-hybridized carbons (Fsp3) is 0.538. The van der Waals surface area contributed by atoms with Gasteiger partial charge in [-0.2, -0.15) is 0 Å². The highest BCUT2D eigenvalue weighted by molar-refractivity contribution is 6.17. The smallest absolute Gasteiger partial charge is 0.182 e. The first-order valence-corrected chi connectivity index (χ1v) is 5.46. The van der Waals surface area contributed by atoms with Crippen LogP contribution in [0.3, 0.4) is 0 Å². The number of hydrogen-bond donors (Lipinski definition) is 0. The number of allylic oxidation sites excluding steroid dienone is 4. The summed E-state index contributed by atoms with van der Waals surface area (Å²) >= 11 is 0. The summed E-state index contributed by atoms with van der Waals surface area (Å²) < 4.78 is 0. The molecule has 0 heterocycles. The lowest BCUT2D eigenvalue weighted by molar-refractivity contribution is -0.115. The Morgan fingerprint density at radius 1 is 1.20 bits per heavy atom. The van der Waals surface area contributed by atoms with E-state index in [9.17, 15) is 9.59 Å². The highest BCUT2D eigenvalue weighted by Gasteiger charge is 2.28. The van der Waals surface area contributed by atoms with Gasteiger partial charge in [-0.1, -0.05) is 33.6 Å². The van der Waals surface area contributed by atoms with E-state index < -0.39 is 0 Å². The molecule has 2 heteroatoms. The van der Waals surface area contributed by atoms with Gasteiger partial charge in [-0.25, -0.2) is 0 Å². The highest BCUT2D eigenvalue weighted by atomic mass is 16.1. The van der Waals surface area contributed by atoms with Crippen molar-refractivity contribution in [2.45, 2.75) is 40.0 Å². The number of ketones is 2. The van der Waals surface area contributed by atoms with Crippen LogP contribution in [-0.2, 0) is 9.59 Å². The van der Waals surface area contributed by atoms with E-state index in [1.165, 1.54) is 18.2 Å². The lowest BCUT2D eigenvalue weighted by atomic mass is 9.76. The van der Waals surface area contributed by atoms with Crippen molar-refractivity contribution >= 4 is 11.6 Å². The summed E-state index contributed by atoms with van der Waals surface area (Å²) in [6.07, 6.45) is 7.33.